The maximum atomic E-state index is 12.2. The first-order valence-corrected chi connectivity index (χ1v) is 9.14. The monoisotopic (exact) mass is 326 g/mol. The molecule has 0 radical (unpaired) electrons. The summed E-state index contributed by atoms with van der Waals surface area (Å²) >= 11 is 0. The van der Waals surface area contributed by atoms with Gasteiger partial charge in [0.05, 0.1) is 4.90 Å². The highest BCUT2D eigenvalue weighted by atomic mass is 32.2. The van der Waals surface area contributed by atoms with E-state index in [0.717, 1.165) is 24.0 Å². The number of benzene rings is 1. The molecule has 0 aromatic heterocycles. The summed E-state index contributed by atoms with van der Waals surface area (Å²) in [5, 5.41) is 2.76. The Morgan fingerprint density at radius 3 is 2.27 bits per heavy atom. The van der Waals surface area contributed by atoms with Crippen LogP contribution in [0.15, 0.2) is 23.1 Å². The maximum Gasteiger partial charge on any atom is 0.240 e. The SMILES string of the molecule is CCC(CC)C(=O)NCCNS(=O)(=O)c1ccc(C)c(C)c1. The minimum atomic E-state index is -3.53. The number of hydrogen-bond acceptors (Lipinski definition) is 3. The Morgan fingerprint density at radius 2 is 1.73 bits per heavy atom. The van der Waals surface area contributed by atoms with Crippen molar-refractivity contribution in [1.82, 2.24) is 10.0 Å². The fraction of sp³-hybridized carbons (Fsp3) is 0.562. The first-order valence-electron chi connectivity index (χ1n) is 7.66. The molecule has 0 bridgehead atoms. The molecular formula is C16H26N2O3S. The zero-order valence-corrected chi connectivity index (χ0v) is 14.6. The van der Waals surface area contributed by atoms with Gasteiger partial charge >= 0.3 is 0 Å². The summed E-state index contributed by atoms with van der Waals surface area (Å²) in [6.07, 6.45) is 1.58. The Morgan fingerprint density at radius 1 is 1.09 bits per heavy atom. The summed E-state index contributed by atoms with van der Waals surface area (Å²) in [7, 11) is -3.53. The summed E-state index contributed by atoms with van der Waals surface area (Å²) in [6, 6.07) is 5.03. The molecule has 1 aromatic rings. The number of amides is 1. The van der Waals surface area contributed by atoms with Crippen molar-refractivity contribution in [2.45, 2.75) is 45.4 Å². The van der Waals surface area contributed by atoms with Crippen molar-refractivity contribution >= 4 is 15.9 Å². The molecule has 1 rings (SSSR count). The molecule has 0 aliphatic carbocycles. The third-order valence-corrected chi connectivity index (χ3v) is 5.32. The molecule has 0 aliphatic heterocycles. The first-order chi connectivity index (χ1) is 10.3. The Balaban J connectivity index is 2.53. The largest absolute Gasteiger partial charge is 0.355 e. The van der Waals surface area contributed by atoms with E-state index in [-0.39, 0.29) is 23.3 Å². The predicted octanol–water partition coefficient (Wildman–Crippen LogP) is 2.13. The van der Waals surface area contributed by atoms with Crippen LogP contribution in [0.2, 0.25) is 0 Å². The molecule has 0 saturated heterocycles. The molecule has 1 amide bonds. The number of aryl methyl sites for hydroxylation is 2. The summed E-state index contributed by atoms with van der Waals surface area (Å²) in [5.74, 6) is -0.0215. The second-order valence-electron chi connectivity index (χ2n) is 5.45. The third kappa shape index (κ3) is 5.10. The number of sulfonamides is 1. The molecular weight excluding hydrogens is 300 g/mol. The van der Waals surface area contributed by atoms with Gasteiger partial charge in [-0.2, -0.15) is 0 Å². The lowest BCUT2D eigenvalue weighted by molar-refractivity contribution is -0.125. The summed E-state index contributed by atoms with van der Waals surface area (Å²) in [5.41, 5.74) is 1.99. The number of nitrogens with one attached hydrogen (secondary N) is 2. The van der Waals surface area contributed by atoms with Gasteiger partial charge in [0, 0.05) is 19.0 Å². The van der Waals surface area contributed by atoms with E-state index in [0.29, 0.717) is 6.54 Å². The van der Waals surface area contributed by atoms with Crippen LogP contribution in [0.3, 0.4) is 0 Å². The molecule has 0 saturated carbocycles. The normalized spacial score (nSPS) is 11.7. The van der Waals surface area contributed by atoms with Crippen molar-refractivity contribution < 1.29 is 13.2 Å². The molecule has 0 aliphatic rings. The Kier molecular flexibility index (Phi) is 7.03. The Labute approximate surface area is 133 Å². The minimum absolute atomic E-state index is 0.00337. The van der Waals surface area contributed by atoms with E-state index in [4.69, 9.17) is 0 Å². The average molecular weight is 326 g/mol. The van der Waals surface area contributed by atoms with E-state index < -0.39 is 10.0 Å². The molecule has 0 spiro atoms. The van der Waals surface area contributed by atoms with Crippen LogP contribution in [-0.4, -0.2) is 27.4 Å². The molecule has 0 heterocycles. The molecule has 22 heavy (non-hydrogen) atoms. The van der Waals surface area contributed by atoms with Crippen LogP contribution in [0.4, 0.5) is 0 Å². The summed E-state index contributed by atoms with van der Waals surface area (Å²) in [4.78, 5) is 12.0. The van der Waals surface area contributed by atoms with Gasteiger partial charge in [-0.1, -0.05) is 19.9 Å². The zero-order chi connectivity index (χ0) is 16.8. The van der Waals surface area contributed by atoms with Gasteiger partial charge in [-0.25, -0.2) is 13.1 Å². The number of carbonyl (C=O) groups is 1. The predicted molar refractivity (Wildman–Crippen MR) is 88.2 cm³/mol. The fourth-order valence-electron chi connectivity index (χ4n) is 2.14. The van der Waals surface area contributed by atoms with E-state index in [1.807, 2.05) is 27.7 Å². The van der Waals surface area contributed by atoms with Crippen molar-refractivity contribution in [3.05, 3.63) is 29.3 Å². The van der Waals surface area contributed by atoms with Crippen molar-refractivity contribution in [2.24, 2.45) is 5.92 Å². The van der Waals surface area contributed by atoms with E-state index in [1.54, 1.807) is 18.2 Å². The van der Waals surface area contributed by atoms with Gasteiger partial charge in [0.1, 0.15) is 0 Å². The molecule has 124 valence electrons. The van der Waals surface area contributed by atoms with Crippen LogP contribution in [0.25, 0.3) is 0 Å². The van der Waals surface area contributed by atoms with Gasteiger partial charge in [0.15, 0.2) is 0 Å². The van der Waals surface area contributed by atoms with Crippen LogP contribution in [0.5, 0.6) is 0 Å². The molecule has 2 N–H and O–H groups in total. The molecule has 0 fully saturated rings. The van der Waals surface area contributed by atoms with Crippen molar-refractivity contribution in [1.29, 1.82) is 0 Å². The topological polar surface area (TPSA) is 75.3 Å². The van der Waals surface area contributed by atoms with Crippen LogP contribution in [0, 0.1) is 19.8 Å². The van der Waals surface area contributed by atoms with Crippen LogP contribution in [0.1, 0.15) is 37.8 Å². The summed E-state index contributed by atoms with van der Waals surface area (Å²) < 4.78 is 26.8. The third-order valence-electron chi connectivity index (χ3n) is 3.86. The zero-order valence-electron chi connectivity index (χ0n) is 13.8. The van der Waals surface area contributed by atoms with Crippen molar-refractivity contribution in [3.63, 3.8) is 0 Å². The quantitative estimate of drug-likeness (QED) is 0.719. The Hall–Kier alpha value is -1.40. The van der Waals surface area contributed by atoms with Gasteiger partial charge < -0.3 is 5.32 Å². The van der Waals surface area contributed by atoms with Crippen molar-refractivity contribution in [2.75, 3.05) is 13.1 Å². The van der Waals surface area contributed by atoms with E-state index in [9.17, 15) is 13.2 Å². The molecule has 6 heteroatoms. The molecule has 0 unspecified atom stereocenters. The van der Waals surface area contributed by atoms with Crippen LogP contribution in [-0.2, 0) is 14.8 Å². The standard InChI is InChI=1S/C16H26N2O3S/c1-5-14(6-2)16(19)17-9-10-18-22(20,21)15-8-7-12(3)13(4)11-15/h7-8,11,14,18H,5-6,9-10H2,1-4H3,(H,17,19). The highest BCUT2D eigenvalue weighted by Gasteiger charge is 2.16. The lowest BCUT2D eigenvalue weighted by atomic mass is 10.0. The molecule has 0 atom stereocenters. The first kappa shape index (κ1) is 18.6. The number of rotatable bonds is 8. The van der Waals surface area contributed by atoms with E-state index in [1.165, 1.54) is 0 Å². The molecule has 5 nitrogen and oxygen atoms in total. The Bertz CT molecular complexity index is 608. The van der Waals surface area contributed by atoms with Crippen LogP contribution >= 0.6 is 0 Å². The van der Waals surface area contributed by atoms with Gasteiger partial charge in [0.2, 0.25) is 15.9 Å². The summed E-state index contributed by atoms with van der Waals surface area (Å²) in [6.45, 7) is 8.23. The highest BCUT2D eigenvalue weighted by Crippen LogP contribution is 2.14. The average Bonchev–Trinajstić information content (AvgIpc) is 2.47. The highest BCUT2D eigenvalue weighted by molar-refractivity contribution is 7.89. The van der Waals surface area contributed by atoms with Gasteiger partial charge in [0.25, 0.3) is 0 Å². The minimum Gasteiger partial charge on any atom is -0.355 e. The molecule has 1 aromatic carbocycles. The second-order valence-corrected chi connectivity index (χ2v) is 7.22. The van der Waals surface area contributed by atoms with Crippen LogP contribution < -0.4 is 10.0 Å². The lowest BCUT2D eigenvalue weighted by Crippen LogP contribution is -2.37. The van der Waals surface area contributed by atoms with Gasteiger partial charge in [-0.05, 0) is 49.9 Å². The lowest BCUT2D eigenvalue weighted by Gasteiger charge is -2.13. The fourth-order valence-corrected chi connectivity index (χ4v) is 3.26. The van der Waals surface area contributed by atoms with E-state index >= 15 is 0 Å². The van der Waals surface area contributed by atoms with Gasteiger partial charge in [-0.3, -0.25) is 4.79 Å². The second kappa shape index (κ2) is 8.29. The smallest absolute Gasteiger partial charge is 0.240 e. The number of carbonyl (C=O) groups excluding carboxylic acids is 1. The van der Waals surface area contributed by atoms with E-state index in [2.05, 4.69) is 10.0 Å². The van der Waals surface area contributed by atoms with Crippen molar-refractivity contribution in [3.8, 4) is 0 Å². The maximum absolute atomic E-state index is 12.2. The van der Waals surface area contributed by atoms with Gasteiger partial charge in [-0.15, -0.1) is 0 Å². The number of hydrogen-bond donors (Lipinski definition) is 2.